The number of sulfonamides is 1. The van der Waals surface area contributed by atoms with Crippen molar-refractivity contribution in [2.75, 3.05) is 6.61 Å². The minimum absolute atomic E-state index is 0.115. The van der Waals surface area contributed by atoms with Gasteiger partial charge in [-0.05, 0) is 29.5 Å². The van der Waals surface area contributed by atoms with Gasteiger partial charge in [-0.3, -0.25) is 10.0 Å². The second-order valence-corrected chi connectivity index (χ2v) is 7.40. The number of nitrogens with zero attached hydrogens (tertiary/aromatic N) is 1. The molecule has 7 nitrogen and oxygen atoms in total. The molecule has 1 aromatic rings. The molecular formula is C14H22N2O5S. The fraction of sp³-hybridized carbons (Fsp3) is 0.500. The summed E-state index contributed by atoms with van der Waals surface area (Å²) >= 11 is 0. The van der Waals surface area contributed by atoms with E-state index in [9.17, 15) is 18.4 Å². The minimum atomic E-state index is -4.41. The van der Waals surface area contributed by atoms with Crippen molar-refractivity contribution in [1.82, 2.24) is 4.47 Å². The van der Waals surface area contributed by atoms with E-state index < -0.39 is 33.0 Å². The van der Waals surface area contributed by atoms with Crippen LogP contribution in [0.5, 0.6) is 0 Å². The number of carbonyl (C=O) groups excluding carboxylic acids is 1. The summed E-state index contributed by atoms with van der Waals surface area (Å²) in [4.78, 5) is 11.3. The SMILES string of the molecule is CCC(C)(C)c1ccc(S(=O)(=O)N(O)C(=O)[C@@H](N)CO)cc1. The topological polar surface area (TPSA) is 121 Å². The van der Waals surface area contributed by atoms with Crippen molar-refractivity contribution < 1.29 is 23.5 Å². The van der Waals surface area contributed by atoms with Gasteiger partial charge in [0.1, 0.15) is 6.04 Å². The number of nitrogens with two attached hydrogens (primary N) is 1. The van der Waals surface area contributed by atoms with Crippen molar-refractivity contribution in [1.29, 1.82) is 0 Å². The molecule has 0 saturated heterocycles. The lowest BCUT2D eigenvalue weighted by Crippen LogP contribution is -2.46. The molecule has 1 atom stereocenters. The zero-order valence-electron chi connectivity index (χ0n) is 12.9. The number of aliphatic hydroxyl groups is 1. The molecule has 4 N–H and O–H groups in total. The third kappa shape index (κ3) is 3.64. The van der Waals surface area contributed by atoms with E-state index in [2.05, 4.69) is 0 Å². The summed E-state index contributed by atoms with van der Waals surface area (Å²) in [6.07, 6.45) is 0.870. The summed E-state index contributed by atoms with van der Waals surface area (Å²) in [6.45, 7) is 5.31. The van der Waals surface area contributed by atoms with E-state index in [0.29, 0.717) is 0 Å². The molecule has 1 amide bonds. The first-order valence-electron chi connectivity index (χ1n) is 6.83. The third-order valence-electron chi connectivity index (χ3n) is 3.75. The highest BCUT2D eigenvalue weighted by atomic mass is 32.2. The van der Waals surface area contributed by atoms with Gasteiger partial charge in [0.2, 0.25) is 0 Å². The molecule has 1 aromatic carbocycles. The van der Waals surface area contributed by atoms with Gasteiger partial charge in [-0.15, -0.1) is 4.47 Å². The van der Waals surface area contributed by atoms with Crippen LogP contribution >= 0.6 is 0 Å². The zero-order valence-corrected chi connectivity index (χ0v) is 13.7. The lowest BCUT2D eigenvalue weighted by atomic mass is 9.82. The quantitative estimate of drug-likeness (QED) is 0.519. The molecule has 0 radical (unpaired) electrons. The van der Waals surface area contributed by atoms with Crippen LogP contribution < -0.4 is 5.73 Å². The Hall–Kier alpha value is -1.48. The Labute approximate surface area is 130 Å². The average Bonchev–Trinajstić information content (AvgIpc) is 2.52. The minimum Gasteiger partial charge on any atom is -0.394 e. The van der Waals surface area contributed by atoms with E-state index in [1.807, 2.05) is 20.8 Å². The predicted molar refractivity (Wildman–Crippen MR) is 80.6 cm³/mol. The molecule has 124 valence electrons. The van der Waals surface area contributed by atoms with Crippen molar-refractivity contribution in [3.63, 3.8) is 0 Å². The van der Waals surface area contributed by atoms with Crippen molar-refractivity contribution in [3.05, 3.63) is 29.8 Å². The van der Waals surface area contributed by atoms with Gasteiger partial charge < -0.3 is 10.8 Å². The van der Waals surface area contributed by atoms with Gasteiger partial charge in [0.15, 0.2) is 0 Å². The van der Waals surface area contributed by atoms with Crippen LogP contribution in [0.2, 0.25) is 0 Å². The van der Waals surface area contributed by atoms with E-state index in [0.717, 1.165) is 12.0 Å². The Morgan fingerprint density at radius 2 is 1.82 bits per heavy atom. The second-order valence-electron chi connectivity index (χ2n) is 5.64. The summed E-state index contributed by atoms with van der Waals surface area (Å²) in [5.74, 6) is -1.29. The number of benzene rings is 1. The van der Waals surface area contributed by atoms with E-state index >= 15 is 0 Å². The summed E-state index contributed by atoms with van der Waals surface area (Å²) in [5.41, 5.74) is 6.05. The smallest absolute Gasteiger partial charge is 0.289 e. The van der Waals surface area contributed by atoms with Crippen molar-refractivity contribution in [2.45, 2.75) is 43.5 Å². The number of rotatable bonds is 6. The van der Waals surface area contributed by atoms with Crippen LogP contribution in [0.15, 0.2) is 29.2 Å². The standard InChI is InChI=1S/C14H22N2O5S/c1-4-14(2,3)10-5-7-11(8-6-10)22(20,21)16(19)13(18)12(15)9-17/h5-8,12,17,19H,4,9,15H2,1-3H3/t12-/m0/s1. The Morgan fingerprint density at radius 3 is 2.23 bits per heavy atom. The van der Waals surface area contributed by atoms with Crippen molar-refractivity contribution in [2.24, 2.45) is 5.73 Å². The van der Waals surface area contributed by atoms with Gasteiger partial charge in [-0.1, -0.05) is 32.9 Å². The maximum absolute atomic E-state index is 12.1. The molecule has 0 heterocycles. The number of hydroxylamine groups is 1. The van der Waals surface area contributed by atoms with E-state index in [1.165, 1.54) is 12.1 Å². The van der Waals surface area contributed by atoms with Gasteiger partial charge in [0.05, 0.1) is 11.5 Å². The highest BCUT2D eigenvalue weighted by molar-refractivity contribution is 7.89. The molecule has 0 spiro atoms. The summed E-state index contributed by atoms with van der Waals surface area (Å²) < 4.78 is 23.9. The molecule has 22 heavy (non-hydrogen) atoms. The molecule has 0 bridgehead atoms. The maximum Gasteiger partial charge on any atom is 0.289 e. The Kier molecular flexibility index (Phi) is 5.69. The molecular weight excluding hydrogens is 308 g/mol. The zero-order chi connectivity index (χ0) is 17.1. The normalized spacial score (nSPS) is 13.7. The molecule has 1 rings (SSSR count). The number of hydrogen-bond acceptors (Lipinski definition) is 6. The fourth-order valence-electron chi connectivity index (χ4n) is 1.72. The lowest BCUT2D eigenvalue weighted by molar-refractivity contribution is -0.148. The molecule has 0 aromatic heterocycles. The Bertz CT molecular complexity index is 625. The summed E-state index contributed by atoms with van der Waals surface area (Å²) in [6, 6.07) is 4.42. The van der Waals surface area contributed by atoms with E-state index in [-0.39, 0.29) is 10.3 Å². The molecule has 0 fully saturated rings. The first kappa shape index (κ1) is 18.6. The summed E-state index contributed by atoms with van der Waals surface area (Å²) in [5, 5.41) is 18.3. The van der Waals surface area contributed by atoms with E-state index in [4.69, 9.17) is 10.8 Å². The van der Waals surface area contributed by atoms with Crippen LogP contribution in [0.3, 0.4) is 0 Å². The molecule has 0 aliphatic carbocycles. The maximum atomic E-state index is 12.1. The Balaban J connectivity index is 3.12. The van der Waals surface area contributed by atoms with Gasteiger partial charge >= 0.3 is 0 Å². The highest BCUT2D eigenvalue weighted by Gasteiger charge is 2.31. The monoisotopic (exact) mass is 330 g/mol. The molecule has 0 aliphatic heterocycles. The van der Waals surface area contributed by atoms with Crippen molar-refractivity contribution in [3.8, 4) is 0 Å². The number of amides is 1. The van der Waals surface area contributed by atoms with Crippen LogP contribution in [-0.4, -0.2) is 41.8 Å². The number of aliphatic hydroxyl groups excluding tert-OH is 1. The molecule has 0 unspecified atom stereocenters. The second kappa shape index (κ2) is 6.74. The number of hydrogen-bond donors (Lipinski definition) is 3. The van der Waals surface area contributed by atoms with Crippen LogP contribution in [0.1, 0.15) is 32.8 Å². The van der Waals surface area contributed by atoms with Gasteiger partial charge in [0, 0.05) is 0 Å². The molecule has 0 aliphatic rings. The van der Waals surface area contributed by atoms with Crippen LogP contribution in [-0.2, 0) is 20.2 Å². The highest BCUT2D eigenvalue weighted by Crippen LogP contribution is 2.27. The first-order valence-corrected chi connectivity index (χ1v) is 8.27. The predicted octanol–water partition coefficient (Wildman–Crippen LogP) is 0.600. The first-order chi connectivity index (χ1) is 10.1. The van der Waals surface area contributed by atoms with E-state index in [1.54, 1.807) is 12.1 Å². The largest absolute Gasteiger partial charge is 0.394 e. The molecule has 8 heteroatoms. The van der Waals surface area contributed by atoms with Gasteiger partial charge in [-0.25, -0.2) is 0 Å². The van der Waals surface area contributed by atoms with Crippen LogP contribution in [0.4, 0.5) is 0 Å². The van der Waals surface area contributed by atoms with Gasteiger partial charge in [-0.2, -0.15) is 8.42 Å². The summed E-state index contributed by atoms with van der Waals surface area (Å²) in [7, 11) is -4.41. The number of carbonyl (C=O) groups is 1. The van der Waals surface area contributed by atoms with Gasteiger partial charge in [0.25, 0.3) is 15.9 Å². The Morgan fingerprint density at radius 1 is 1.32 bits per heavy atom. The lowest BCUT2D eigenvalue weighted by Gasteiger charge is -2.24. The van der Waals surface area contributed by atoms with Crippen molar-refractivity contribution >= 4 is 15.9 Å². The van der Waals surface area contributed by atoms with Crippen LogP contribution in [0.25, 0.3) is 0 Å². The third-order valence-corrected chi connectivity index (χ3v) is 5.25. The molecule has 0 saturated carbocycles. The fourth-order valence-corrected chi connectivity index (χ4v) is 2.77. The van der Waals surface area contributed by atoms with Crippen LogP contribution in [0, 0.1) is 0 Å². The average molecular weight is 330 g/mol.